The number of hydrogen-bond acceptors (Lipinski definition) is 7. The molecule has 0 aliphatic carbocycles. The van der Waals surface area contributed by atoms with E-state index < -0.39 is 6.04 Å². The molecule has 6 rings (SSSR count). The highest BCUT2D eigenvalue weighted by Gasteiger charge is 2.33. The Hall–Kier alpha value is -5.65. The van der Waals surface area contributed by atoms with E-state index in [1.807, 2.05) is 87.2 Å². The summed E-state index contributed by atoms with van der Waals surface area (Å²) in [5.74, 6) is -0.341. The van der Waals surface area contributed by atoms with Crippen molar-refractivity contribution < 1.29 is 24.2 Å². The standard InChI is InChI=1S/C41H46N6O5/c1-26-21-47(27(2)25-48)41(51)33-20-31(43-39(49)19-30-23-46(4)36-12-8-5-9-32(30)36)17-18-37(33)52-38(26)24-45(3)22-28-13-15-29(16-14-28)40(50)44-35-11-7-6-10-34(35)42/h5-18,20,23,26-27,38,48H,19,21-22,24-25,42H2,1-4H3,(H,43,49)(H,44,50)/t26-,27-,38-/m1/s1. The van der Waals surface area contributed by atoms with Crippen LogP contribution < -0.4 is 21.1 Å². The van der Waals surface area contributed by atoms with Gasteiger partial charge in [0.25, 0.3) is 11.8 Å². The second-order valence-corrected chi connectivity index (χ2v) is 13.8. The zero-order chi connectivity index (χ0) is 36.9. The summed E-state index contributed by atoms with van der Waals surface area (Å²) in [6, 6.07) is 27.3. The molecular weight excluding hydrogens is 656 g/mol. The maximum atomic E-state index is 14.0. The second-order valence-electron chi connectivity index (χ2n) is 13.8. The third-order valence-electron chi connectivity index (χ3n) is 9.65. The van der Waals surface area contributed by atoms with Crippen molar-refractivity contribution >= 4 is 45.7 Å². The number of rotatable bonds is 11. The molecule has 5 N–H and O–H groups in total. The first-order chi connectivity index (χ1) is 25.0. The molecule has 0 saturated heterocycles. The number of aliphatic hydroxyl groups is 1. The molecule has 0 fully saturated rings. The smallest absolute Gasteiger partial charge is 0.258 e. The fraction of sp³-hybridized carbons (Fsp3) is 0.293. The van der Waals surface area contributed by atoms with Crippen LogP contribution in [0.25, 0.3) is 10.9 Å². The molecule has 4 aromatic carbocycles. The number of hydrogen-bond donors (Lipinski definition) is 4. The molecule has 3 atom stereocenters. The van der Waals surface area contributed by atoms with Gasteiger partial charge >= 0.3 is 0 Å². The first-order valence-corrected chi connectivity index (χ1v) is 17.5. The van der Waals surface area contributed by atoms with Crippen LogP contribution in [0.3, 0.4) is 0 Å². The highest BCUT2D eigenvalue weighted by Crippen LogP contribution is 2.31. The van der Waals surface area contributed by atoms with E-state index in [-0.39, 0.29) is 42.8 Å². The lowest BCUT2D eigenvalue weighted by atomic mass is 9.99. The lowest BCUT2D eigenvalue weighted by Crippen LogP contribution is -2.49. The van der Waals surface area contributed by atoms with Gasteiger partial charge in [0, 0.05) is 61.0 Å². The van der Waals surface area contributed by atoms with Crippen molar-refractivity contribution in [2.24, 2.45) is 13.0 Å². The van der Waals surface area contributed by atoms with Crippen molar-refractivity contribution in [1.29, 1.82) is 0 Å². The predicted octanol–water partition coefficient (Wildman–Crippen LogP) is 5.55. The Bertz CT molecular complexity index is 2080. The topological polar surface area (TPSA) is 142 Å². The van der Waals surface area contributed by atoms with Gasteiger partial charge in [-0.2, -0.15) is 0 Å². The molecule has 2 heterocycles. The minimum absolute atomic E-state index is 0.0647. The lowest BCUT2D eigenvalue weighted by molar-refractivity contribution is -0.115. The van der Waals surface area contributed by atoms with Crippen LogP contribution in [0.2, 0.25) is 0 Å². The zero-order valence-corrected chi connectivity index (χ0v) is 30.0. The summed E-state index contributed by atoms with van der Waals surface area (Å²) in [5.41, 5.74) is 11.4. The van der Waals surface area contributed by atoms with Gasteiger partial charge in [-0.25, -0.2) is 0 Å². The summed E-state index contributed by atoms with van der Waals surface area (Å²) >= 11 is 0. The number of benzene rings is 4. The first-order valence-electron chi connectivity index (χ1n) is 17.5. The Labute approximate surface area is 304 Å². The Morgan fingerprint density at radius 1 is 1.02 bits per heavy atom. The number of amides is 3. The Kier molecular flexibility index (Phi) is 10.9. The van der Waals surface area contributed by atoms with Crippen LogP contribution in [0.1, 0.15) is 45.7 Å². The van der Waals surface area contributed by atoms with E-state index in [0.29, 0.717) is 53.6 Å². The van der Waals surface area contributed by atoms with Gasteiger partial charge in [-0.1, -0.05) is 49.4 Å². The quantitative estimate of drug-likeness (QED) is 0.132. The molecule has 270 valence electrons. The van der Waals surface area contributed by atoms with Crippen LogP contribution in [-0.4, -0.2) is 76.1 Å². The fourth-order valence-corrected chi connectivity index (χ4v) is 6.71. The molecule has 11 heteroatoms. The number of nitrogens with zero attached hydrogens (tertiary/aromatic N) is 3. The van der Waals surface area contributed by atoms with Gasteiger partial charge < -0.3 is 35.7 Å². The van der Waals surface area contributed by atoms with E-state index in [0.717, 1.165) is 22.0 Å². The number of ether oxygens (including phenoxy) is 1. The maximum absolute atomic E-state index is 14.0. The monoisotopic (exact) mass is 702 g/mol. The van der Waals surface area contributed by atoms with E-state index >= 15 is 0 Å². The van der Waals surface area contributed by atoms with Crippen molar-refractivity contribution in [2.45, 2.75) is 39.0 Å². The number of aromatic nitrogens is 1. The highest BCUT2D eigenvalue weighted by molar-refractivity contribution is 6.05. The van der Waals surface area contributed by atoms with Crippen molar-refractivity contribution in [2.75, 3.05) is 43.1 Å². The van der Waals surface area contributed by atoms with Crippen molar-refractivity contribution in [3.8, 4) is 5.75 Å². The third-order valence-corrected chi connectivity index (χ3v) is 9.65. The van der Waals surface area contributed by atoms with Crippen LogP contribution in [0.4, 0.5) is 17.1 Å². The number of aryl methyl sites for hydroxylation is 1. The molecule has 0 unspecified atom stereocenters. The maximum Gasteiger partial charge on any atom is 0.258 e. The van der Waals surface area contributed by atoms with E-state index in [9.17, 15) is 19.5 Å². The molecule has 0 spiro atoms. The van der Waals surface area contributed by atoms with Gasteiger partial charge in [0.15, 0.2) is 0 Å². The number of anilines is 3. The number of aliphatic hydroxyl groups excluding tert-OH is 1. The third kappa shape index (κ3) is 8.11. The summed E-state index contributed by atoms with van der Waals surface area (Å²) < 4.78 is 8.59. The van der Waals surface area contributed by atoms with Crippen LogP contribution in [-0.2, 0) is 24.8 Å². The summed E-state index contributed by atoms with van der Waals surface area (Å²) in [6.45, 7) is 5.21. The summed E-state index contributed by atoms with van der Waals surface area (Å²) in [7, 11) is 3.96. The van der Waals surface area contributed by atoms with E-state index in [4.69, 9.17) is 10.5 Å². The van der Waals surface area contributed by atoms with Gasteiger partial charge in [0.1, 0.15) is 11.9 Å². The Balaban J connectivity index is 1.15. The zero-order valence-electron chi connectivity index (χ0n) is 30.0. The average Bonchev–Trinajstić information content (AvgIpc) is 3.45. The lowest BCUT2D eigenvalue weighted by Gasteiger charge is -2.38. The Morgan fingerprint density at radius 3 is 2.50 bits per heavy atom. The van der Waals surface area contributed by atoms with Crippen molar-refractivity contribution in [3.05, 3.63) is 119 Å². The molecule has 1 aliphatic heterocycles. The Morgan fingerprint density at radius 2 is 1.75 bits per heavy atom. The molecule has 52 heavy (non-hydrogen) atoms. The number of nitrogens with two attached hydrogens (primary N) is 1. The van der Waals surface area contributed by atoms with Gasteiger partial charge in [-0.05, 0) is 73.6 Å². The highest BCUT2D eigenvalue weighted by atomic mass is 16.5. The molecule has 3 amide bonds. The average molecular weight is 703 g/mol. The van der Waals surface area contributed by atoms with Crippen molar-refractivity contribution in [1.82, 2.24) is 14.4 Å². The summed E-state index contributed by atoms with van der Waals surface area (Å²) in [5, 5.41) is 16.9. The minimum Gasteiger partial charge on any atom is -0.488 e. The number of nitrogen functional groups attached to an aromatic ring is 1. The number of likely N-dealkylation sites (N-methyl/N-ethyl adjacent to an activating group) is 1. The SMILES string of the molecule is C[C@@H]1CN([C@H](C)CO)C(=O)c2cc(NC(=O)Cc3cn(C)c4ccccc34)ccc2O[C@@H]1CN(C)Cc1ccc(C(=O)Nc2ccccc2N)cc1. The number of para-hydroxylation sites is 3. The largest absolute Gasteiger partial charge is 0.488 e. The van der Waals surface area contributed by atoms with Gasteiger partial charge in [-0.15, -0.1) is 0 Å². The van der Waals surface area contributed by atoms with Gasteiger partial charge in [-0.3, -0.25) is 19.3 Å². The first kappa shape index (κ1) is 36.2. The molecule has 0 saturated carbocycles. The molecule has 11 nitrogen and oxygen atoms in total. The van der Waals surface area contributed by atoms with Crippen LogP contribution in [0, 0.1) is 5.92 Å². The number of fused-ring (bicyclic) bond motifs is 2. The van der Waals surface area contributed by atoms with Crippen LogP contribution in [0.15, 0.2) is 97.2 Å². The van der Waals surface area contributed by atoms with Crippen LogP contribution in [0.5, 0.6) is 5.75 Å². The predicted molar refractivity (Wildman–Crippen MR) is 204 cm³/mol. The molecule has 0 radical (unpaired) electrons. The van der Waals surface area contributed by atoms with Gasteiger partial charge in [0.2, 0.25) is 5.91 Å². The number of carbonyl (C=O) groups excluding carboxylic acids is 3. The number of nitrogens with one attached hydrogen (secondary N) is 2. The fourth-order valence-electron chi connectivity index (χ4n) is 6.71. The molecular formula is C41H46N6O5. The summed E-state index contributed by atoms with van der Waals surface area (Å²) in [4.78, 5) is 43.8. The van der Waals surface area contributed by atoms with E-state index in [1.54, 1.807) is 47.4 Å². The normalized spacial score (nSPS) is 16.5. The molecule has 0 bridgehead atoms. The van der Waals surface area contributed by atoms with Gasteiger partial charge in [0.05, 0.1) is 36.0 Å². The molecule has 1 aliphatic rings. The van der Waals surface area contributed by atoms with Crippen molar-refractivity contribution in [3.63, 3.8) is 0 Å². The number of carbonyl (C=O) groups is 3. The minimum atomic E-state index is -0.419. The molecule has 1 aromatic heterocycles. The second kappa shape index (κ2) is 15.7. The molecule has 5 aromatic rings. The summed E-state index contributed by atoms with van der Waals surface area (Å²) in [6.07, 6.45) is 1.85. The van der Waals surface area contributed by atoms with Crippen LogP contribution >= 0.6 is 0 Å². The van der Waals surface area contributed by atoms with E-state index in [2.05, 4.69) is 15.5 Å². The van der Waals surface area contributed by atoms with E-state index in [1.165, 1.54) is 0 Å².